The minimum atomic E-state index is 0.0378. The third-order valence-electron chi connectivity index (χ3n) is 8.81. The fourth-order valence-electron chi connectivity index (χ4n) is 5.96. The Morgan fingerprint density at radius 2 is 0.714 bits per heavy atom. The lowest BCUT2D eigenvalue weighted by atomic mass is 9.93. The van der Waals surface area contributed by atoms with Crippen LogP contribution in [-0.4, -0.2) is 11.8 Å². The summed E-state index contributed by atoms with van der Waals surface area (Å²) in [5.74, 6) is 0.307. The van der Waals surface area contributed by atoms with E-state index in [0.29, 0.717) is 0 Å². The van der Waals surface area contributed by atoms with Crippen LogP contribution in [-0.2, 0) is 9.59 Å². The van der Waals surface area contributed by atoms with E-state index in [2.05, 4.69) is 38.3 Å². The summed E-state index contributed by atoms with van der Waals surface area (Å²) in [4.78, 5) is 27.1. The molecule has 2 unspecified atom stereocenters. The van der Waals surface area contributed by atoms with Crippen LogP contribution in [0.4, 0.5) is 11.4 Å². The highest BCUT2D eigenvalue weighted by Crippen LogP contribution is 2.27. The molecule has 4 nitrogen and oxygen atoms in total. The summed E-state index contributed by atoms with van der Waals surface area (Å²) in [5.41, 5.74) is 1.48. The maximum Gasteiger partial charge on any atom is 0.227 e. The molecule has 0 aliphatic heterocycles. The second-order valence-electron chi connectivity index (χ2n) is 12.7. The van der Waals surface area contributed by atoms with Gasteiger partial charge in [0.25, 0.3) is 0 Å². The number of amides is 2. The highest BCUT2D eigenvalue weighted by Gasteiger charge is 2.22. The molecule has 242 valence electrons. The number of hydrogen-bond donors (Lipinski definition) is 2. The van der Waals surface area contributed by atoms with Crippen LogP contribution in [0.2, 0.25) is 0 Å². The predicted molar refractivity (Wildman–Crippen MR) is 184 cm³/mol. The molecule has 0 fully saturated rings. The van der Waals surface area contributed by atoms with E-state index in [1.165, 1.54) is 103 Å². The molecule has 0 bridgehead atoms. The second-order valence-corrected chi connectivity index (χ2v) is 12.7. The van der Waals surface area contributed by atoms with Crippen LogP contribution < -0.4 is 10.6 Å². The topological polar surface area (TPSA) is 58.2 Å². The maximum atomic E-state index is 13.5. The number of unbranched alkanes of at least 4 members (excludes halogenated alkanes) is 16. The van der Waals surface area contributed by atoms with Crippen molar-refractivity contribution in [2.75, 3.05) is 10.6 Å². The highest BCUT2D eigenvalue weighted by molar-refractivity contribution is 6.00. The molecule has 2 amide bonds. The number of carbonyl (C=O) groups is 2. The average Bonchev–Trinajstić information content (AvgIpc) is 2.99. The van der Waals surface area contributed by atoms with Crippen LogP contribution >= 0.6 is 0 Å². The van der Waals surface area contributed by atoms with Crippen molar-refractivity contribution >= 4 is 23.2 Å². The van der Waals surface area contributed by atoms with Crippen LogP contribution in [0.1, 0.15) is 182 Å². The van der Waals surface area contributed by atoms with Gasteiger partial charge in [0.05, 0.1) is 11.4 Å². The Morgan fingerprint density at radius 3 is 1.02 bits per heavy atom. The second kappa shape index (κ2) is 26.8. The molecule has 1 aromatic carbocycles. The molecular formula is C38H68N2O2. The first-order valence-electron chi connectivity index (χ1n) is 18.3. The molecule has 4 heteroatoms. The molecule has 0 saturated carbocycles. The first-order valence-corrected chi connectivity index (χ1v) is 18.3. The lowest BCUT2D eigenvalue weighted by Gasteiger charge is -2.21. The molecule has 0 aromatic heterocycles. The van der Waals surface area contributed by atoms with Gasteiger partial charge in [-0.15, -0.1) is 0 Å². The molecule has 1 aromatic rings. The van der Waals surface area contributed by atoms with Crippen molar-refractivity contribution in [1.82, 2.24) is 0 Å². The molecule has 2 atom stereocenters. The van der Waals surface area contributed by atoms with E-state index in [1.54, 1.807) is 0 Å². The zero-order valence-corrected chi connectivity index (χ0v) is 28.3. The van der Waals surface area contributed by atoms with Crippen LogP contribution in [0, 0.1) is 11.8 Å². The molecule has 42 heavy (non-hydrogen) atoms. The van der Waals surface area contributed by atoms with Crippen molar-refractivity contribution in [3.63, 3.8) is 0 Å². The molecule has 0 saturated heterocycles. The number of hydrogen-bond acceptors (Lipinski definition) is 2. The zero-order chi connectivity index (χ0) is 30.7. The fourth-order valence-corrected chi connectivity index (χ4v) is 5.96. The van der Waals surface area contributed by atoms with E-state index in [0.717, 1.165) is 62.7 Å². The fraction of sp³-hybridized carbons (Fsp3) is 0.789. The number of carbonyl (C=O) groups excluding carboxylic acids is 2. The van der Waals surface area contributed by atoms with Gasteiger partial charge in [0, 0.05) is 11.8 Å². The summed E-state index contributed by atoms with van der Waals surface area (Å²) in [6.07, 6.45) is 28.2. The Balaban J connectivity index is 2.82. The first kappa shape index (κ1) is 38.2. The highest BCUT2D eigenvalue weighted by atomic mass is 16.2. The Morgan fingerprint density at radius 1 is 0.452 bits per heavy atom. The van der Waals surface area contributed by atoms with E-state index in [-0.39, 0.29) is 23.7 Å². The van der Waals surface area contributed by atoms with Gasteiger partial charge in [-0.25, -0.2) is 0 Å². The van der Waals surface area contributed by atoms with Crippen LogP contribution in [0.25, 0.3) is 0 Å². The van der Waals surface area contributed by atoms with Gasteiger partial charge in [-0.2, -0.15) is 0 Å². The van der Waals surface area contributed by atoms with Gasteiger partial charge in [0.2, 0.25) is 11.8 Å². The van der Waals surface area contributed by atoms with Crippen LogP contribution in [0.3, 0.4) is 0 Å². The minimum Gasteiger partial charge on any atom is -0.324 e. The number of benzene rings is 1. The SMILES string of the molecule is CCCCCCCCC(CCCCCC)C(=O)Nc1ccccc1NC(=O)C(CCCCCC)CCCCCCCC. The summed E-state index contributed by atoms with van der Waals surface area (Å²) in [6.45, 7) is 8.96. The maximum absolute atomic E-state index is 13.5. The third-order valence-corrected chi connectivity index (χ3v) is 8.81. The summed E-state index contributed by atoms with van der Waals surface area (Å²) in [5, 5.41) is 6.47. The molecule has 0 heterocycles. The minimum absolute atomic E-state index is 0.0378. The molecule has 0 radical (unpaired) electrons. The Labute approximate surface area is 261 Å². The number of para-hydroxylation sites is 2. The summed E-state index contributed by atoms with van der Waals surface area (Å²) >= 11 is 0. The summed E-state index contributed by atoms with van der Waals surface area (Å²) in [6, 6.07) is 7.79. The van der Waals surface area contributed by atoms with Crippen LogP contribution in [0.15, 0.2) is 24.3 Å². The van der Waals surface area contributed by atoms with Gasteiger partial charge >= 0.3 is 0 Å². The van der Waals surface area contributed by atoms with Crippen molar-refractivity contribution in [1.29, 1.82) is 0 Å². The van der Waals surface area contributed by atoms with Gasteiger partial charge in [-0.3, -0.25) is 9.59 Å². The molecule has 0 spiro atoms. The van der Waals surface area contributed by atoms with E-state index < -0.39 is 0 Å². The normalized spacial score (nSPS) is 12.7. The Hall–Kier alpha value is -1.84. The Bertz CT molecular complexity index is 728. The molecule has 0 aliphatic carbocycles. The number of nitrogens with one attached hydrogen (secondary N) is 2. The predicted octanol–water partition coefficient (Wildman–Crippen LogP) is 12.2. The lowest BCUT2D eigenvalue weighted by molar-refractivity contribution is -0.121. The number of rotatable bonds is 28. The number of anilines is 2. The third kappa shape index (κ3) is 18.6. The van der Waals surface area contributed by atoms with Gasteiger partial charge in [0.1, 0.15) is 0 Å². The van der Waals surface area contributed by atoms with E-state index in [4.69, 9.17) is 0 Å². The van der Waals surface area contributed by atoms with E-state index >= 15 is 0 Å². The smallest absolute Gasteiger partial charge is 0.227 e. The molecular weight excluding hydrogens is 516 g/mol. The van der Waals surface area contributed by atoms with Gasteiger partial charge in [0.15, 0.2) is 0 Å². The van der Waals surface area contributed by atoms with Crippen molar-refractivity contribution in [3.8, 4) is 0 Å². The van der Waals surface area contributed by atoms with Gasteiger partial charge < -0.3 is 10.6 Å². The molecule has 2 N–H and O–H groups in total. The lowest BCUT2D eigenvalue weighted by Crippen LogP contribution is -2.26. The van der Waals surface area contributed by atoms with Crippen molar-refractivity contribution in [2.45, 2.75) is 182 Å². The zero-order valence-electron chi connectivity index (χ0n) is 28.3. The van der Waals surface area contributed by atoms with E-state index in [9.17, 15) is 9.59 Å². The van der Waals surface area contributed by atoms with Crippen molar-refractivity contribution in [3.05, 3.63) is 24.3 Å². The quantitative estimate of drug-likeness (QED) is 0.0962. The first-order chi connectivity index (χ1) is 20.6. The average molecular weight is 585 g/mol. The Kier molecular flexibility index (Phi) is 24.3. The van der Waals surface area contributed by atoms with Crippen LogP contribution in [0.5, 0.6) is 0 Å². The van der Waals surface area contributed by atoms with E-state index in [1.807, 2.05) is 24.3 Å². The molecule has 1 rings (SSSR count). The van der Waals surface area contributed by atoms with Crippen molar-refractivity contribution < 1.29 is 9.59 Å². The molecule has 0 aliphatic rings. The standard InChI is InChI=1S/C38H68N2O2/c1-5-9-13-17-19-23-29-33(27-21-15-11-7-3)37(41)39-35-31-25-26-32-36(35)40-38(42)34(28-22-16-12-8-4)30-24-20-18-14-10-6-2/h25-26,31-34H,5-24,27-30H2,1-4H3,(H,39,41)(H,40,42). The summed E-state index contributed by atoms with van der Waals surface area (Å²) < 4.78 is 0. The van der Waals surface area contributed by atoms with Crippen molar-refractivity contribution in [2.24, 2.45) is 11.8 Å². The largest absolute Gasteiger partial charge is 0.324 e. The monoisotopic (exact) mass is 585 g/mol. The van der Waals surface area contributed by atoms with Gasteiger partial charge in [-0.1, -0.05) is 168 Å². The van der Waals surface area contributed by atoms with Gasteiger partial charge in [-0.05, 0) is 37.8 Å². The summed E-state index contributed by atoms with van der Waals surface area (Å²) in [7, 11) is 0.